The normalized spacial score (nSPS) is 12.4. The number of nitrogens with zero attached hydrogens (tertiary/aromatic N) is 1. The Morgan fingerprint density at radius 3 is 2.36 bits per heavy atom. The lowest BCUT2D eigenvalue weighted by molar-refractivity contribution is 0.433. The molecule has 14 heavy (non-hydrogen) atoms. The molecule has 0 aromatic carbocycles. The molecule has 0 aliphatic carbocycles. The van der Waals surface area contributed by atoms with E-state index in [1.807, 2.05) is 6.20 Å². The van der Waals surface area contributed by atoms with Gasteiger partial charge in [0.2, 0.25) is 0 Å². The van der Waals surface area contributed by atoms with Crippen LogP contribution in [0.25, 0.3) is 0 Å². The van der Waals surface area contributed by atoms with Crippen LogP contribution in [0.1, 0.15) is 64.6 Å². The minimum atomic E-state index is 0.284. The van der Waals surface area contributed by atoms with Crippen LogP contribution in [0.3, 0.4) is 0 Å². The number of aromatic amines is 1. The molecule has 1 aromatic heterocycles. The van der Waals surface area contributed by atoms with Gasteiger partial charge in [0.15, 0.2) is 0 Å². The highest BCUT2D eigenvalue weighted by Gasteiger charge is 2.27. The summed E-state index contributed by atoms with van der Waals surface area (Å²) in [5.41, 5.74) is 2.99. The van der Waals surface area contributed by atoms with E-state index in [9.17, 15) is 0 Å². The van der Waals surface area contributed by atoms with Crippen molar-refractivity contribution in [3.63, 3.8) is 0 Å². The average molecular weight is 194 g/mol. The van der Waals surface area contributed by atoms with E-state index in [1.165, 1.54) is 24.1 Å². The van der Waals surface area contributed by atoms with Crippen molar-refractivity contribution in [1.82, 2.24) is 10.2 Å². The number of rotatable bonds is 4. The van der Waals surface area contributed by atoms with E-state index in [0.717, 1.165) is 0 Å². The van der Waals surface area contributed by atoms with E-state index >= 15 is 0 Å². The van der Waals surface area contributed by atoms with Crippen molar-refractivity contribution in [3.05, 3.63) is 17.5 Å². The average Bonchev–Trinajstić information content (AvgIpc) is 2.65. The largest absolute Gasteiger partial charge is 0.282 e. The smallest absolute Gasteiger partial charge is 0.0527 e. The van der Waals surface area contributed by atoms with Gasteiger partial charge in [-0.15, -0.1) is 0 Å². The Bertz CT molecular complexity index is 282. The standard InChI is InChI=1S/C12H22N2/c1-6-12(5,7-2)10-8-13-14-11(10)9(3)4/h8-9H,6-7H2,1-5H3,(H,13,14). The van der Waals surface area contributed by atoms with Gasteiger partial charge in [0.1, 0.15) is 0 Å². The first kappa shape index (κ1) is 11.3. The highest BCUT2D eigenvalue weighted by Crippen LogP contribution is 2.34. The Balaban J connectivity index is 3.10. The molecule has 0 radical (unpaired) electrons. The molecule has 0 fully saturated rings. The Hall–Kier alpha value is -0.790. The Kier molecular flexibility index (Phi) is 3.35. The van der Waals surface area contributed by atoms with Crippen LogP contribution in [-0.2, 0) is 5.41 Å². The molecule has 0 saturated heterocycles. The van der Waals surface area contributed by atoms with Gasteiger partial charge in [-0.05, 0) is 29.7 Å². The lowest BCUT2D eigenvalue weighted by Gasteiger charge is -2.27. The number of hydrogen-bond donors (Lipinski definition) is 1. The van der Waals surface area contributed by atoms with Gasteiger partial charge in [-0.1, -0.05) is 34.6 Å². The molecule has 2 nitrogen and oxygen atoms in total. The first-order valence-corrected chi connectivity index (χ1v) is 5.59. The Morgan fingerprint density at radius 2 is 1.93 bits per heavy atom. The third-order valence-corrected chi connectivity index (χ3v) is 3.46. The van der Waals surface area contributed by atoms with Gasteiger partial charge in [0, 0.05) is 5.69 Å². The van der Waals surface area contributed by atoms with Crippen molar-refractivity contribution in [1.29, 1.82) is 0 Å². The van der Waals surface area contributed by atoms with Crippen LogP contribution in [0.5, 0.6) is 0 Å². The molecular weight excluding hydrogens is 172 g/mol. The molecular formula is C12H22N2. The fourth-order valence-corrected chi connectivity index (χ4v) is 1.85. The summed E-state index contributed by atoms with van der Waals surface area (Å²) in [4.78, 5) is 0. The molecule has 0 spiro atoms. The second kappa shape index (κ2) is 4.16. The third kappa shape index (κ3) is 1.84. The van der Waals surface area contributed by atoms with Crippen LogP contribution in [-0.4, -0.2) is 10.2 Å². The zero-order valence-corrected chi connectivity index (χ0v) is 10.0. The summed E-state index contributed by atoms with van der Waals surface area (Å²) in [6.45, 7) is 11.2. The van der Waals surface area contributed by atoms with Crippen LogP contribution in [0.4, 0.5) is 0 Å². The predicted octanol–water partition coefficient (Wildman–Crippen LogP) is 3.61. The first-order valence-electron chi connectivity index (χ1n) is 5.59. The van der Waals surface area contributed by atoms with Gasteiger partial charge in [-0.3, -0.25) is 5.10 Å². The van der Waals surface area contributed by atoms with Crippen molar-refractivity contribution in [3.8, 4) is 0 Å². The lowest BCUT2D eigenvalue weighted by atomic mass is 9.77. The van der Waals surface area contributed by atoms with E-state index in [-0.39, 0.29) is 5.41 Å². The van der Waals surface area contributed by atoms with Crippen LogP contribution >= 0.6 is 0 Å². The quantitative estimate of drug-likeness (QED) is 0.779. The summed E-state index contributed by atoms with van der Waals surface area (Å²) in [5.74, 6) is 0.532. The molecule has 0 unspecified atom stereocenters. The van der Waals surface area contributed by atoms with E-state index in [0.29, 0.717) is 5.92 Å². The third-order valence-electron chi connectivity index (χ3n) is 3.46. The van der Waals surface area contributed by atoms with Crippen molar-refractivity contribution >= 4 is 0 Å². The summed E-state index contributed by atoms with van der Waals surface area (Å²) in [5, 5.41) is 7.31. The van der Waals surface area contributed by atoms with Gasteiger partial charge in [-0.25, -0.2) is 0 Å². The summed E-state index contributed by atoms with van der Waals surface area (Å²) in [6, 6.07) is 0. The summed E-state index contributed by atoms with van der Waals surface area (Å²) >= 11 is 0. The molecule has 0 atom stereocenters. The topological polar surface area (TPSA) is 28.7 Å². The number of hydrogen-bond acceptors (Lipinski definition) is 1. The fourth-order valence-electron chi connectivity index (χ4n) is 1.85. The zero-order chi connectivity index (χ0) is 10.8. The molecule has 80 valence electrons. The fraction of sp³-hybridized carbons (Fsp3) is 0.750. The van der Waals surface area contributed by atoms with Crippen LogP contribution < -0.4 is 0 Å². The molecule has 0 aliphatic rings. The van der Waals surface area contributed by atoms with Crippen LogP contribution in [0.15, 0.2) is 6.20 Å². The van der Waals surface area contributed by atoms with Gasteiger partial charge >= 0.3 is 0 Å². The van der Waals surface area contributed by atoms with E-state index in [4.69, 9.17) is 0 Å². The van der Waals surface area contributed by atoms with Gasteiger partial charge in [-0.2, -0.15) is 5.10 Å². The molecule has 0 bridgehead atoms. The zero-order valence-electron chi connectivity index (χ0n) is 10.0. The van der Waals surface area contributed by atoms with Crippen LogP contribution in [0.2, 0.25) is 0 Å². The SMILES string of the molecule is CCC(C)(CC)c1cn[nH]c1C(C)C. The second-order valence-corrected chi connectivity index (χ2v) is 4.62. The Labute approximate surface area is 87.1 Å². The van der Waals surface area contributed by atoms with Gasteiger partial charge in [0.25, 0.3) is 0 Å². The highest BCUT2D eigenvalue weighted by atomic mass is 15.1. The van der Waals surface area contributed by atoms with E-state index in [1.54, 1.807) is 0 Å². The molecule has 1 aromatic rings. The summed E-state index contributed by atoms with van der Waals surface area (Å²) < 4.78 is 0. The maximum Gasteiger partial charge on any atom is 0.0527 e. The first-order chi connectivity index (χ1) is 6.55. The molecule has 0 amide bonds. The minimum absolute atomic E-state index is 0.284. The summed E-state index contributed by atoms with van der Waals surface area (Å²) in [7, 11) is 0. The maximum absolute atomic E-state index is 4.18. The monoisotopic (exact) mass is 194 g/mol. The minimum Gasteiger partial charge on any atom is -0.282 e. The maximum atomic E-state index is 4.18. The van der Waals surface area contributed by atoms with Gasteiger partial charge in [0.05, 0.1) is 6.20 Å². The van der Waals surface area contributed by atoms with Crippen molar-refractivity contribution in [2.75, 3.05) is 0 Å². The Morgan fingerprint density at radius 1 is 1.36 bits per heavy atom. The van der Waals surface area contributed by atoms with Crippen molar-refractivity contribution < 1.29 is 0 Å². The van der Waals surface area contributed by atoms with Crippen LogP contribution in [0, 0.1) is 0 Å². The molecule has 1 rings (SSSR count). The highest BCUT2D eigenvalue weighted by molar-refractivity contribution is 5.28. The number of H-pyrrole nitrogens is 1. The lowest BCUT2D eigenvalue weighted by Crippen LogP contribution is -2.21. The number of nitrogens with one attached hydrogen (secondary N) is 1. The predicted molar refractivity (Wildman–Crippen MR) is 60.6 cm³/mol. The van der Waals surface area contributed by atoms with E-state index < -0.39 is 0 Å². The molecule has 0 aliphatic heterocycles. The number of aromatic nitrogens is 2. The molecule has 1 N–H and O–H groups in total. The second-order valence-electron chi connectivity index (χ2n) is 4.62. The van der Waals surface area contributed by atoms with Crippen molar-refractivity contribution in [2.24, 2.45) is 0 Å². The molecule has 1 heterocycles. The van der Waals surface area contributed by atoms with Gasteiger partial charge < -0.3 is 0 Å². The molecule has 0 saturated carbocycles. The molecule has 2 heteroatoms. The van der Waals surface area contributed by atoms with Crippen molar-refractivity contribution in [2.45, 2.75) is 58.8 Å². The summed E-state index contributed by atoms with van der Waals surface area (Å²) in [6.07, 6.45) is 4.34. The van der Waals surface area contributed by atoms with E-state index in [2.05, 4.69) is 44.8 Å².